The van der Waals surface area contributed by atoms with Gasteiger partial charge in [0.15, 0.2) is 0 Å². The Morgan fingerprint density at radius 2 is 1.45 bits per heavy atom. The molecule has 20 heavy (non-hydrogen) atoms. The molecule has 1 aromatic heterocycles. The molecule has 0 aliphatic rings. The van der Waals surface area contributed by atoms with E-state index in [4.69, 9.17) is 0 Å². The molecule has 106 valence electrons. The van der Waals surface area contributed by atoms with Crippen LogP contribution in [-0.4, -0.2) is 27.5 Å². The van der Waals surface area contributed by atoms with E-state index >= 15 is 0 Å². The average molecular weight is 270 g/mol. The van der Waals surface area contributed by atoms with Crippen LogP contribution in [0.4, 0.5) is 0 Å². The summed E-state index contributed by atoms with van der Waals surface area (Å²) in [5, 5.41) is 0. The highest BCUT2D eigenvalue weighted by Gasteiger charge is 2.21. The highest BCUT2D eigenvalue weighted by molar-refractivity contribution is 5.94. The zero-order chi connectivity index (χ0) is 14.7. The van der Waals surface area contributed by atoms with Gasteiger partial charge in [-0.05, 0) is 64.1 Å². The van der Waals surface area contributed by atoms with Crippen LogP contribution in [0.3, 0.4) is 0 Å². The lowest BCUT2D eigenvalue weighted by atomic mass is 10.1. The topological polar surface area (TPSA) is 25.2 Å². The van der Waals surface area contributed by atoms with Gasteiger partial charge in [0, 0.05) is 35.7 Å². The molecule has 1 heterocycles. The van der Waals surface area contributed by atoms with E-state index in [9.17, 15) is 4.79 Å². The molecule has 3 heteroatoms. The van der Waals surface area contributed by atoms with Crippen LogP contribution in [0.5, 0.6) is 0 Å². The number of benzene rings is 1. The molecule has 2 rings (SSSR count). The summed E-state index contributed by atoms with van der Waals surface area (Å²) in [5.41, 5.74) is 1.80. The molecule has 0 unspecified atom stereocenters. The van der Waals surface area contributed by atoms with E-state index in [0.717, 1.165) is 11.3 Å². The predicted octanol–water partition coefficient (Wildman–Crippen LogP) is 3.74. The minimum absolute atomic E-state index is 0.0917. The number of carbonyl (C=O) groups excluding carboxylic acids is 1. The summed E-state index contributed by atoms with van der Waals surface area (Å²) >= 11 is 0. The normalized spacial score (nSPS) is 11.1. The van der Waals surface area contributed by atoms with Gasteiger partial charge in [-0.15, -0.1) is 0 Å². The number of carbonyl (C=O) groups is 1. The zero-order valence-corrected chi connectivity index (χ0v) is 12.6. The Bertz CT molecular complexity index is 545. The molecule has 0 spiro atoms. The van der Waals surface area contributed by atoms with Crippen LogP contribution in [0, 0.1) is 0 Å². The van der Waals surface area contributed by atoms with Crippen molar-refractivity contribution in [2.75, 3.05) is 0 Å². The second kappa shape index (κ2) is 5.95. The third kappa shape index (κ3) is 2.93. The number of hydrogen-bond donors (Lipinski definition) is 0. The van der Waals surface area contributed by atoms with Crippen molar-refractivity contribution in [3.05, 3.63) is 54.4 Å². The number of amides is 1. The Hall–Kier alpha value is -2.03. The van der Waals surface area contributed by atoms with E-state index in [0.29, 0.717) is 0 Å². The summed E-state index contributed by atoms with van der Waals surface area (Å²) in [6, 6.07) is 12.1. The first-order valence-electron chi connectivity index (χ1n) is 7.06. The first-order valence-corrected chi connectivity index (χ1v) is 7.06. The molecule has 0 fully saturated rings. The molecular formula is C17H22N2O. The van der Waals surface area contributed by atoms with Gasteiger partial charge >= 0.3 is 0 Å². The number of hydrogen-bond acceptors (Lipinski definition) is 1. The Morgan fingerprint density at radius 1 is 0.950 bits per heavy atom. The Labute approximate surface area is 120 Å². The second-order valence-electron chi connectivity index (χ2n) is 5.54. The van der Waals surface area contributed by atoms with E-state index in [1.807, 2.05) is 86.0 Å². The van der Waals surface area contributed by atoms with Crippen LogP contribution < -0.4 is 0 Å². The number of rotatable bonds is 4. The predicted molar refractivity (Wildman–Crippen MR) is 82.2 cm³/mol. The van der Waals surface area contributed by atoms with Gasteiger partial charge in [0.1, 0.15) is 0 Å². The van der Waals surface area contributed by atoms with Crippen LogP contribution in [0.1, 0.15) is 38.1 Å². The summed E-state index contributed by atoms with van der Waals surface area (Å²) in [7, 11) is 0. The molecule has 0 radical (unpaired) electrons. The highest BCUT2D eigenvalue weighted by Crippen LogP contribution is 2.15. The molecule has 0 saturated heterocycles. The maximum Gasteiger partial charge on any atom is 0.254 e. The SMILES string of the molecule is CC(C)N(C(=O)c1ccc(-n2cccc2)cc1)C(C)C. The summed E-state index contributed by atoms with van der Waals surface area (Å²) in [6.45, 7) is 8.19. The van der Waals surface area contributed by atoms with Crippen molar-refractivity contribution in [2.24, 2.45) is 0 Å². The summed E-state index contributed by atoms with van der Waals surface area (Å²) in [5.74, 6) is 0.0917. The molecule has 0 saturated carbocycles. The van der Waals surface area contributed by atoms with Gasteiger partial charge in [-0.2, -0.15) is 0 Å². The molecular weight excluding hydrogens is 248 g/mol. The minimum atomic E-state index is 0.0917. The first-order chi connectivity index (χ1) is 9.50. The smallest absolute Gasteiger partial charge is 0.254 e. The van der Waals surface area contributed by atoms with Gasteiger partial charge in [-0.25, -0.2) is 0 Å². The average Bonchev–Trinajstić information content (AvgIpc) is 2.91. The zero-order valence-electron chi connectivity index (χ0n) is 12.6. The lowest BCUT2D eigenvalue weighted by molar-refractivity contribution is 0.0644. The van der Waals surface area contributed by atoms with Gasteiger partial charge < -0.3 is 9.47 Å². The molecule has 2 aromatic rings. The summed E-state index contributed by atoms with van der Waals surface area (Å²) in [6.07, 6.45) is 3.98. The Balaban J connectivity index is 2.23. The lowest BCUT2D eigenvalue weighted by Crippen LogP contribution is -2.42. The first kappa shape index (κ1) is 14.4. The fourth-order valence-corrected chi connectivity index (χ4v) is 2.50. The molecule has 0 N–H and O–H groups in total. The standard InChI is InChI=1S/C17H22N2O/c1-13(2)19(14(3)4)17(20)15-7-9-16(10-8-15)18-11-5-6-12-18/h5-14H,1-4H3. The van der Waals surface area contributed by atoms with E-state index < -0.39 is 0 Å². The van der Waals surface area contributed by atoms with Crippen molar-refractivity contribution in [3.63, 3.8) is 0 Å². The van der Waals surface area contributed by atoms with Crippen molar-refractivity contribution in [1.29, 1.82) is 0 Å². The molecule has 1 amide bonds. The lowest BCUT2D eigenvalue weighted by Gasteiger charge is -2.30. The maximum absolute atomic E-state index is 12.5. The maximum atomic E-state index is 12.5. The van der Waals surface area contributed by atoms with E-state index in [1.165, 1.54) is 0 Å². The largest absolute Gasteiger partial charge is 0.334 e. The third-order valence-electron chi connectivity index (χ3n) is 3.36. The van der Waals surface area contributed by atoms with Crippen molar-refractivity contribution >= 4 is 5.91 Å². The number of aromatic nitrogens is 1. The van der Waals surface area contributed by atoms with Crippen molar-refractivity contribution < 1.29 is 4.79 Å². The summed E-state index contributed by atoms with van der Waals surface area (Å²) in [4.78, 5) is 14.5. The van der Waals surface area contributed by atoms with Gasteiger partial charge in [0.05, 0.1) is 0 Å². The summed E-state index contributed by atoms with van der Waals surface area (Å²) < 4.78 is 2.02. The highest BCUT2D eigenvalue weighted by atomic mass is 16.2. The fraction of sp³-hybridized carbons (Fsp3) is 0.353. The Kier molecular flexibility index (Phi) is 4.28. The van der Waals surface area contributed by atoms with E-state index in [-0.39, 0.29) is 18.0 Å². The van der Waals surface area contributed by atoms with Crippen molar-refractivity contribution in [3.8, 4) is 5.69 Å². The molecule has 0 aliphatic heterocycles. The molecule has 0 atom stereocenters. The van der Waals surface area contributed by atoms with Gasteiger partial charge in [-0.1, -0.05) is 0 Å². The van der Waals surface area contributed by atoms with Gasteiger partial charge in [0.2, 0.25) is 0 Å². The third-order valence-corrected chi connectivity index (χ3v) is 3.36. The van der Waals surface area contributed by atoms with Crippen molar-refractivity contribution in [2.45, 2.75) is 39.8 Å². The minimum Gasteiger partial charge on any atom is -0.334 e. The molecule has 0 aliphatic carbocycles. The monoisotopic (exact) mass is 270 g/mol. The number of nitrogens with zero attached hydrogens (tertiary/aromatic N) is 2. The van der Waals surface area contributed by atoms with Crippen LogP contribution >= 0.6 is 0 Å². The van der Waals surface area contributed by atoms with Gasteiger partial charge in [0.25, 0.3) is 5.91 Å². The van der Waals surface area contributed by atoms with Crippen LogP contribution in [0.2, 0.25) is 0 Å². The Morgan fingerprint density at radius 3 is 1.90 bits per heavy atom. The van der Waals surface area contributed by atoms with Crippen LogP contribution in [-0.2, 0) is 0 Å². The van der Waals surface area contributed by atoms with Crippen molar-refractivity contribution in [1.82, 2.24) is 9.47 Å². The second-order valence-corrected chi connectivity index (χ2v) is 5.54. The van der Waals surface area contributed by atoms with Gasteiger partial charge in [-0.3, -0.25) is 4.79 Å². The van der Waals surface area contributed by atoms with E-state index in [2.05, 4.69) is 0 Å². The molecule has 0 bridgehead atoms. The quantitative estimate of drug-likeness (QED) is 0.831. The van der Waals surface area contributed by atoms with E-state index in [1.54, 1.807) is 0 Å². The molecule has 3 nitrogen and oxygen atoms in total. The van der Waals surface area contributed by atoms with Crippen LogP contribution in [0.15, 0.2) is 48.8 Å². The molecule has 1 aromatic carbocycles. The fourth-order valence-electron chi connectivity index (χ4n) is 2.50. The van der Waals surface area contributed by atoms with Crippen LogP contribution in [0.25, 0.3) is 5.69 Å².